The first-order valence-electron chi connectivity index (χ1n) is 4.92. The van der Waals surface area contributed by atoms with Crippen molar-refractivity contribution in [1.82, 2.24) is 5.32 Å². The lowest BCUT2D eigenvalue weighted by Crippen LogP contribution is -2.25. The van der Waals surface area contributed by atoms with Crippen LogP contribution in [0.5, 0.6) is 0 Å². The van der Waals surface area contributed by atoms with Crippen LogP contribution in [0.3, 0.4) is 0 Å². The van der Waals surface area contributed by atoms with Gasteiger partial charge in [0, 0.05) is 10.8 Å². The number of nitrogens with zero attached hydrogens (tertiary/aromatic N) is 3. The molecule has 2 aliphatic heterocycles. The number of hydrogen-bond acceptors (Lipinski definition) is 5. The van der Waals surface area contributed by atoms with Gasteiger partial charge in [-0.05, 0) is 13.3 Å². The molecule has 0 aliphatic carbocycles. The zero-order valence-electron chi connectivity index (χ0n) is 9.03. The molecule has 0 aromatic heterocycles. The molecule has 80 valence electrons. The van der Waals surface area contributed by atoms with Gasteiger partial charge in [0.15, 0.2) is 5.57 Å². The van der Waals surface area contributed by atoms with Gasteiger partial charge >= 0.3 is 0 Å². The monoisotopic (exact) mass is 230 g/mol. The SMILES string of the molecule is CC1=NC2=C(CC(C)S2)C(=C(C#N)C#N)N1. The molecule has 0 saturated carbocycles. The summed E-state index contributed by atoms with van der Waals surface area (Å²) < 4.78 is 0. The Bertz CT molecular complexity index is 497. The number of nitrogens with one attached hydrogen (secondary N) is 1. The fourth-order valence-electron chi connectivity index (χ4n) is 1.77. The molecule has 2 aliphatic rings. The number of aliphatic imine (C=N–C) groups is 1. The zero-order valence-corrected chi connectivity index (χ0v) is 9.85. The summed E-state index contributed by atoms with van der Waals surface area (Å²) in [5.41, 5.74) is 1.78. The zero-order chi connectivity index (χ0) is 11.7. The summed E-state index contributed by atoms with van der Waals surface area (Å²) in [5.74, 6) is 0.735. The Balaban J connectivity index is 2.53. The van der Waals surface area contributed by atoms with Crippen molar-refractivity contribution in [3.05, 3.63) is 21.9 Å². The molecule has 5 heteroatoms. The van der Waals surface area contributed by atoms with E-state index in [1.54, 1.807) is 11.8 Å². The average Bonchev–Trinajstić information content (AvgIpc) is 2.60. The average molecular weight is 230 g/mol. The summed E-state index contributed by atoms with van der Waals surface area (Å²) in [6, 6.07) is 3.85. The fraction of sp³-hybridized carbons (Fsp3) is 0.364. The van der Waals surface area contributed by atoms with Crippen molar-refractivity contribution in [2.75, 3.05) is 0 Å². The van der Waals surface area contributed by atoms with Gasteiger partial charge in [-0.15, -0.1) is 11.8 Å². The molecule has 2 heterocycles. The van der Waals surface area contributed by atoms with Crippen LogP contribution >= 0.6 is 11.8 Å². The van der Waals surface area contributed by atoms with Crippen molar-refractivity contribution in [1.29, 1.82) is 10.5 Å². The minimum absolute atomic E-state index is 0.136. The second kappa shape index (κ2) is 4.03. The molecule has 2 rings (SSSR count). The van der Waals surface area contributed by atoms with Crippen LogP contribution in [-0.4, -0.2) is 11.1 Å². The van der Waals surface area contributed by atoms with Crippen LogP contribution in [-0.2, 0) is 0 Å². The Morgan fingerprint density at radius 3 is 2.81 bits per heavy atom. The van der Waals surface area contributed by atoms with Gasteiger partial charge in [0.1, 0.15) is 23.0 Å². The van der Waals surface area contributed by atoms with Gasteiger partial charge in [0.25, 0.3) is 0 Å². The molecule has 0 radical (unpaired) electrons. The maximum Gasteiger partial charge on any atom is 0.153 e. The minimum Gasteiger partial charge on any atom is -0.342 e. The van der Waals surface area contributed by atoms with Gasteiger partial charge in [-0.1, -0.05) is 6.92 Å². The molecular weight excluding hydrogens is 220 g/mol. The molecule has 4 nitrogen and oxygen atoms in total. The summed E-state index contributed by atoms with van der Waals surface area (Å²) in [7, 11) is 0. The largest absolute Gasteiger partial charge is 0.342 e. The summed E-state index contributed by atoms with van der Waals surface area (Å²) in [5, 5.41) is 22.2. The Labute approximate surface area is 98.4 Å². The smallest absolute Gasteiger partial charge is 0.153 e. The maximum absolute atomic E-state index is 8.91. The molecule has 1 atom stereocenters. The lowest BCUT2D eigenvalue weighted by Gasteiger charge is -2.17. The van der Waals surface area contributed by atoms with Crippen molar-refractivity contribution >= 4 is 17.6 Å². The van der Waals surface area contributed by atoms with Crippen molar-refractivity contribution in [2.24, 2.45) is 4.99 Å². The van der Waals surface area contributed by atoms with Crippen molar-refractivity contribution in [3.8, 4) is 12.1 Å². The normalized spacial score (nSPS) is 22.9. The molecule has 0 fully saturated rings. The number of allylic oxidation sites excluding steroid dienone is 2. The van der Waals surface area contributed by atoms with E-state index < -0.39 is 0 Å². The molecule has 0 saturated heterocycles. The van der Waals surface area contributed by atoms with E-state index in [0.29, 0.717) is 10.9 Å². The first-order valence-corrected chi connectivity index (χ1v) is 5.80. The van der Waals surface area contributed by atoms with Crippen LogP contribution in [0.15, 0.2) is 26.9 Å². The standard InChI is InChI=1S/C11H10N4S/c1-6-3-9-10(8(4-12)5-13)14-7(2)15-11(9)16-6/h6H,3H2,1-2H3,(H,14,15). The molecular formula is C11H10N4S. The summed E-state index contributed by atoms with van der Waals surface area (Å²) >= 11 is 1.69. The molecule has 0 spiro atoms. The summed E-state index contributed by atoms with van der Waals surface area (Å²) in [6.07, 6.45) is 0.853. The van der Waals surface area contributed by atoms with Crippen molar-refractivity contribution < 1.29 is 0 Å². The molecule has 0 bridgehead atoms. The number of hydrogen-bond donors (Lipinski definition) is 1. The second-order valence-corrected chi connectivity index (χ2v) is 5.14. The number of thioether (sulfide) groups is 1. The number of amidine groups is 1. The van der Waals surface area contributed by atoms with E-state index in [9.17, 15) is 0 Å². The van der Waals surface area contributed by atoms with E-state index in [0.717, 1.165) is 22.9 Å². The van der Waals surface area contributed by atoms with E-state index in [4.69, 9.17) is 10.5 Å². The molecule has 1 unspecified atom stereocenters. The number of nitriles is 2. The van der Waals surface area contributed by atoms with Crippen LogP contribution in [0, 0.1) is 22.7 Å². The first-order chi connectivity index (χ1) is 7.65. The molecule has 16 heavy (non-hydrogen) atoms. The molecule has 0 aromatic carbocycles. The fourth-order valence-corrected chi connectivity index (χ4v) is 2.92. The van der Waals surface area contributed by atoms with Gasteiger partial charge in [-0.25, -0.2) is 4.99 Å². The Hall–Kier alpha value is -1.72. The summed E-state index contributed by atoms with van der Waals surface area (Å²) in [4.78, 5) is 4.39. The van der Waals surface area contributed by atoms with E-state index >= 15 is 0 Å². The Morgan fingerprint density at radius 1 is 1.50 bits per heavy atom. The molecule has 0 aromatic rings. The van der Waals surface area contributed by atoms with Gasteiger partial charge in [-0.3, -0.25) is 0 Å². The molecule has 1 N–H and O–H groups in total. The predicted octanol–water partition coefficient (Wildman–Crippen LogP) is 2.05. The maximum atomic E-state index is 8.91. The molecule has 0 amide bonds. The number of rotatable bonds is 0. The van der Waals surface area contributed by atoms with Crippen LogP contribution in [0.2, 0.25) is 0 Å². The van der Waals surface area contributed by atoms with Crippen LogP contribution < -0.4 is 5.32 Å². The highest BCUT2D eigenvalue weighted by Crippen LogP contribution is 2.42. The van der Waals surface area contributed by atoms with Gasteiger partial charge in [0.2, 0.25) is 0 Å². The predicted molar refractivity (Wildman–Crippen MR) is 63.2 cm³/mol. The van der Waals surface area contributed by atoms with E-state index in [-0.39, 0.29) is 5.57 Å². The van der Waals surface area contributed by atoms with Gasteiger partial charge in [0.05, 0.1) is 5.70 Å². The van der Waals surface area contributed by atoms with Crippen LogP contribution in [0.1, 0.15) is 20.3 Å². The quantitative estimate of drug-likeness (QED) is 0.646. The third-order valence-corrected chi connectivity index (χ3v) is 3.54. The highest BCUT2D eigenvalue weighted by molar-refractivity contribution is 8.03. The van der Waals surface area contributed by atoms with Crippen LogP contribution in [0.4, 0.5) is 0 Å². The highest BCUT2D eigenvalue weighted by Gasteiger charge is 2.29. The lowest BCUT2D eigenvalue weighted by molar-refractivity contribution is 0.913. The second-order valence-electron chi connectivity index (χ2n) is 3.71. The van der Waals surface area contributed by atoms with E-state index in [1.807, 2.05) is 19.1 Å². The third-order valence-electron chi connectivity index (χ3n) is 2.41. The van der Waals surface area contributed by atoms with Crippen molar-refractivity contribution in [2.45, 2.75) is 25.5 Å². The highest BCUT2D eigenvalue weighted by atomic mass is 32.2. The first kappa shape index (κ1) is 10.8. The third kappa shape index (κ3) is 1.70. The van der Waals surface area contributed by atoms with E-state index in [1.165, 1.54) is 0 Å². The minimum atomic E-state index is 0.136. The van der Waals surface area contributed by atoms with Gasteiger partial charge < -0.3 is 5.32 Å². The Kier molecular flexibility index (Phi) is 2.72. The van der Waals surface area contributed by atoms with E-state index in [2.05, 4.69) is 17.2 Å². The lowest BCUT2D eigenvalue weighted by atomic mass is 10.0. The van der Waals surface area contributed by atoms with Gasteiger partial charge in [-0.2, -0.15) is 10.5 Å². The van der Waals surface area contributed by atoms with Crippen molar-refractivity contribution in [3.63, 3.8) is 0 Å². The Morgan fingerprint density at radius 2 is 2.19 bits per heavy atom. The topological polar surface area (TPSA) is 72.0 Å². The summed E-state index contributed by atoms with van der Waals surface area (Å²) in [6.45, 7) is 3.95. The van der Waals surface area contributed by atoms with Crippen LogP contribution in [0.25, 0.3) is 0 Å².